The average molecular weight is 287 g/mol. The molecule has 1 heterocycles. The van der Waals surface area contributed by atoms with Gasteiger partial charge >= 0.3 is 0 Å². The molecule has 5 heteroatoms. The number of hydrogen-bond donors (Lipinski definition) is 1. The Kier molecular flexibility index (Phi) is 3.24. The van der Waals surface area contributed by atoms with Gasteiger partial charge in [0.1, 0.15) is 0 Å². The van der Waals surface area contributed by atoms with E-state index in [1.165, 1.54) is 12.8 Å². The van der Waals surface area contributed by atoms with Gasteiger partial charge in [-0.15, -0.1) is 0 Å². The van der Waals surface area contributed by atoms with Crippen LogP contribution in [0.5, 0.6) is 0 Å². The molecular formula is C12H12Cl2N2S. The molecule has 0 aromatic heterocycles. The molecule has 1 aliphatic heterocycles. The first kappa shape index (κ1) is 11.7. The van der Waals surface area contributed by atoms with Crippen molar-refractivity contribution in [2.45, 2.75) is 18.1 Å². The Morgan fingerprint density at radius 2 is 1.88 bits per heavy atom. The molecule has 1 saturated carbocycles. The minimum atomic E-state index is 0.641. The number of anilines is 1. The zero-order valence-electron chi connectivity index (χ0n) is 9.12. The van der Waals surface area contributed by atoms with Gasteiger partial charge in [0.15, 0.2) is 5.17 Å². The highest BCUT2D eigenvalue weighted by atomic mass is 35.5. The number of nitrogens with zero attached hydrogens (tertiary/aromatic N) is 1. The fourth-order valence-corrected chi connectivity index (χ4v) is 3.67. The first-order valence-electron chi connectivity index (χ1n) is 5.65. The summed E-state index contributed by atoms with van der Waals surface area (Å²) in [4.78, 5) is 4.52. The van der Waals surface area contributed by atoms with Crippen molar-refractivity contribution in [1.29, 1.82) is 0 Å². The third-order valence-corrected chi connectivity index (χ3v) is 4.67. The smallest absolute Gasteiger partial charge is 0.161 e. The SMILES string of the molecule is Clc1cc(Cl)cc(NC2=NCC(C3CC3)S2)c1. The topological polar surface area (TPSA) is 24.4 Å². The predicted octanol–water partition coefficient (Wildman–Crippen LogP) is 4.29. The third kappa shape index (κ3) is 2.90. The van der Waals surface area contributed by atoms with E-state index in [0.29, 0.717) is 15.3 Å². The minimum absolute atomic E-state index is 0.641. The molecule has 17 heavy (non-hydrogen) atoms. The molecule has 0 bridgehead atoms. The van der Waals surface area contributed by atoms with Gasteiger partial charge in [-0.05, 0) is 37.0 Å². The van der Waals surface area contributed by atoms with Gasteiger partial charge < -0.3 is 5.32 Å². The Labute approximate surface area is 115 Å². The molecule has 1 unspecified atom stereocenters. The summed E-state index contributed by atoms with van der Waals surface area (Å²) in [6.07, 6.45) is 2.73. The molecule has 0 saturated heterocycles. The van der Waals surface area contributed by atoms with Crippen LogP contribution in [0.2, 0.25) is 10.0 Å². The molecule has 0 amide bonds. The van der Waals surface area contributed by atoms with Crippen LogP contribution >= 0.6 is 35.0 Å². The van der Waals surface area contributed by atoms with E-state index in [2.05, 4.69) is 10.3 Å². The van der Waals surface area contributed by atoms with Crippen molar-refractivity contribution in [3.8, 4) is 0 Å². The molecule has 1 aromatic rings. The van der Waals surface area contributed by atoms with E-state index in [9.17, 15) is 0 Å². The van der Waals surface area contributed by atoms with Crippen LogP contribution in [0.4, 0.5) is 5.69 Å². The number of hydrogen-bond acceptors (Lipinski definition) is 3. The van der Waals surface area contributed by atoms with Gasteiger partial charge in [-0.1, -0.05) is 35.0 Å². The van der Waals surface area contributed by atoms with E-state index in [4.69, 9.17) is 23.2 Å². The van der Waals surface area contributed by atoms with Gasteiger partial charge in [0, 0.05) is 21.0 Å². The van der Waals surface area contributed by atoms with Crippen molar-refractivity contribution in [2.24, 2.45) is 10.9 Å². The zero-order valence-corrected chi connectivity index (χ0v) is 11.4. The summed E-state index contributed by atoms with van der Waals surface area (Å²) < 4.78 is 0. The Hall–Kier alpha value is -0.380. The standard InChI is InChI=1S/C12H12Cl2N2S/c13-8-3-9(14)5-10(4-8)16-12-15-6-11(17-12)7-1-2-7/h3-5,7,11H,1-2,6H2,(H,15,16). The van der Waals surface area contributed by atoms with Gasteiger partial charge in [-0.3, -0.25) is 4.99 Å². The third-order valence-electron chi connectivity index (χ3n) is 2.94. The van der Waals surface area contributed by atoms with Gasteiger partial charge in [-0.25, -0.2) is 0 Å². The molecule has 2 nitrogen and oxygen atoms in total. The first-order valence-corrected chi connectivity index (χ1v) is 7.28. The maximum Gasteiger partial charge on any atom is 0.161 e. The molecule has 0 radical (unpaired) electrons. The van der Waals surface area contributed by atoms with Crippen LogP contribution in [0, 0.1) is 5.92 Å². The predicted molar refractivity (Wildman–Crippen MR) is 76.5 cm³/mol. The lowest BCUT2D eigenvalue weighted by Gasteiger charge is -2.08. The average Bonchev–Trinajstić information content (AvgIpc) is 2.99. The first-order chi connectivity index (χ1) is 8.20. The quantitative estimate of drug-likeness (QED) is 0.877. The summed E-state index contributed by atoms with van der Waals surface area (Å²) in [5.41, 5.74) is 0.908. The summed E-state index contributed by atoms with van der Waals surface area (Å²) in [6, 6.07) is 5.45. The van der Waals surface area contributed by atoms with E-state index in [1.807, 2.05) is 23.9 Å². The summed E-state index contributed by atoms with van der Waals surface area (Å²) in [6.45, 7) is 0.936. The van der Waals surface area contributed by atoms with Gasteiger partial charge in [0.2, 0.25) is 0 Å². The summed E-state index contributed by atoms with van der Waals surface area (Å²) in [7, 11) is 0. The molecule has 1 atom stereocenters. The lowest BCUT2D eigenvalue weighted by Crippen LogP contribution is -2.08. The highest BCUT2D eigenvalue weighted by Crippen LogP contribution is 2.42. The van der Waals surface area contributed by atoms with Crippen molar-refractivity contribution in [2.75, 3.05) is 11.9 Å². The Morgan fingerprint density at radius 3 is 2.53 bits per heavy atom. The highest BCUT2D eigenvalue weighted by molar-refractivity contribution is 8.15. The second-order valence-electron chi connectivity index (χ2n) is 4.42. The van der Waals surface area contributed by atoms with Crippen molar-refractivity contribution in [3.63, 3.8) is 0 Å². The molecule has 2 aliphatic rings. The van der Waals surface area contributed by atoms with E-state index in [-0.39, 0.29) is 0 Å². The van der Waals surface area contributed by atoms with Crippen molar-refractivity contribution in [1.82, 2.24) is 0 Å². The second kappa shape index (κ2) is 4.71. The zero-order chi connectivity index (χ0) is 11.8. The van der Waals surface area contributed by atoms with Crippen LogP contribution in [-0.2, 0) is 0 Å². The molecule has 1 N–H and O–H groups in total. The number of rotatable bonds is 2. The Bertz CT molecular complexity index is 451. The number of nitrogens with one attached hydrogen (secondary N) is 1. The van der Waals surface area contributed by atoms with Gasteiger partial charge in [0.25, 0.3) is 0 Å². The van der Waals surface area contributed by atoms with Crippen LogP contribution in [0.25, 0.3) is 0 Å². The molecule has 90 valence electrons. The van der Waals surface area contributed by atoms with E-state index >= 15 is 0 Å². The summed E-state index contributed by atoms with van der Waals surface area (Å²) in [5, 5.41) is 6.22. The van der Waals surface area contributed by atoms with Crippen LogP contribution in [-0.4, -0.2) is 17.0 Å². The van der Waals surface area contributed by atoms with E-state index in [1.54, 1.807) is 6.07 Å². The maximum atomic E-state index is 5.95. The van der Waals surface area contributed by atoms with Crippen LogP contribution in [0.3, 0.4) is 0 Å². The van der Waals surface area contributed by atoms with Gasteiger partial charge in [0.05, 0.1) is 6.54 Å². The van der Waals surface area contributed by atoms with E-state index < -0.39 is 0 Å². The molecule has 1 fully saturated rings. The van der Waals surface area contributed by atoms with Crippen LogP contribution < -0.4 is 5.32 Å². The van der Waals surface area contributed by atoms with Crippen LogP contribution in [0.15, 0.2) is 23.2 Å². The van der Waals surface area contributed by atoms with Crippen molar-refractivity contribution >= 4 is 45.8 Å². The summed E-state index contributed by atoms with van der Waals surface area (Å²) >= 11 is 13.7. The largest absolute Gasteiger partial charge is 0.335 e. The lowest BCUT2D eigenvalue weighted by atomic mass is 10.3. The minimum Gasteiger partial charge on any atom is -0.335 e. The number of amidine groups is 1. The monoisotopic (exact) mass is 286 g/mol. The fraction of sp³-hybridized carbons (Fsp3) is 0.417. The van der Waals surface area contributed by atoms with E-state index in [0.717, 1.165) is 23.3 Å². The maximum absolute atomic E-state index is 5.95. The normalized spacial score (nSPS) is 23.6. The summed E-state index contributed by atoms with van der Waals surface area (Å²) in [5.74, 6) is 0.881. The Balaban J connectivity index is 1.66. The molecule has 0 spiro atoms. The van der Waals surface area contributed by atoms with Crippen molar-refractivity contribution in [3.05, 3.63) is 28.2 Å². The number of benzene rings is 1. The second-order valence-corrected chi connectivity index (χ2v) is 6.52. The number of thioether (sulfide) groups is 1. The van der Waals surface area contributed by atoms with Gasteiger partial charge in [-0.2, -0.15) is 0 Å². The van der Waals surface area contributed by atoms with Crippen LogP contribution in [0.1, 0.15) is 12.8 Å². The number of aliphatic imine (C=N–C) groups is 1. The highest BCUT2D eigenvalue weighted by Gasteiger charge is 2.35. The Morgan fingerprint density at radius 1 is 1.18 bits per heavy atom. The molecular weight excluding hydrogens is 275 g/mol. The fourth-order valence-electron chi connectivity index (χ4n) is 1.92. The number of halogens is 2. The molecule has 1 aliphatic carbocycles. The van der Waals surface area contributed by atoms with Crippen molar-refractivity contribution < 1.29 is 0 Å². The lowest BCUT2D eigenvalue weighted by molar-refractivity contribution is 0.773. The molecule has 3 rings (SSSR count). The molecule has 1 aromatic carbocycles.